The fourth-order valence-corrected chi connectivity index (χ4v) is 2.38. The minimum absolute atomic E-state index is 0. The first kappa shape index (κ1) is 25.3. The van der Waals surface area contributed by atoms with E-state index in [9.17, 15) is 39.3 Å². The number of hydrogen-bond acceptors (Lipinski definition) is 3. The molecule has 0 aliphatic carbocycles. The van der Waals surface area contributed by atoms with Crippen LogP contribution in [0.25, 0.3) is 0 Å². The summed E-state index contributed by atoms with van der Waals surface area (Å²) in [5.41, 5.74) is 0. The summed E-state index contributed by atoms with van der Waals surface area (Å²) in [6.07, 6.45) is -14.1. The van der Waals surface area contributed by atoms with Crippen molar-refractivity contribution in [2.45, 2.75) is 63.0 Å². The molecule has 0 aliphatic rings. The fourth-order valence-electron chi connectivity index (χ4n) is 1.81. The van der Waals surface area contributed by atoms with Crippen molar-refractivity contribution < 1.29 is 58.2 Å². The van der Waals surface area contributed by atoms with Crippen LogP contribution >= 0.6 is 0 Å². The van der Waals surface area contributed by atoms with E-state index in [-0.39, 0.29) is 31.7 Å². The van der Waals surface area contributed by atoms with Gasteiger partial charge in [-0.1, -0.05) is 19.3 Å². The topological polar surface area (TPSA) is 57.2 Å². The second-order valence-electron chi connectivity index (χ2n) is 4.98. The molecule has 0 aromatic heterocycles. The van der Waals surface area contributed by atoms with Gasteiger partial charge in [0.25, 0.3) is 0 Å². The Kier molecular flexibility index (Phi) is 13.7. The van der Waals surface area contributed by atoms with Crippen molar-refractivity contribution in [3.05, 3.63) is 0 Å². The van der Waals surface area contributed by atoms with Crippen LogP contribution in [0.5, 0.6) is 0 Å². The van der Waals surface area contributed by atoms with Crippen LogP contribution in [0.3, 0.4) is 0 Å². The van der Waals surface area contributed by atoms with Gasteiger partial charge in [-0.05, 0) is 12.8 Å². The van der Waals surface area contributed by atoms with Crippen LogP contribution < -0.4 is 18.9 Å². The van der Waals surface area contributed by atoms with Crippen LogP contribution in [0.4, 0.5) is 26.3 Å². The molecule has 0 rings (SSSR count). The van der Waals surface area contributed by atoms with Crippen molar-refractivity contribution in [3.8, 4) is 0 Å². The Morgan fingerprint density at radius 3 is 1.74 bits per heavy atom. The second-order valence-corrected chi connectivity index (χ2v) is 6.43. The Labute approximate surface area is 144 Å². The van der Waals surface area contributed by atoms with Gasteiger partial charge in [-0.15, -0.1) is 0 Å². The SMILES string of the molecule is O=S(=O)([O-])CC(F)C(F)C(F)C(F)C(F)CCCCCCF.[Li+]. The van der Waals surface area contributed by atoms with E-state index in [1.54, 1.807) is 0 Å². The summed E-state index contributed by atoms with van der Waals surface area (Å²) >= 11 is 0. The number of alkyl halides is 6. The number of unbranched alkanes of at least 4 members (excludes halogenated alkanes) is 3. The van der Waals surface area contributed by atoms with Gasteiger partial charge in [0.1, 0.15) is 12.3 Å². The quantitative estimate of drug-likeness (QED) is 0.214. The molecule has 0 fully saturated rings. The minimum Gasteiger partial charge on any atom is -0.748 e. The smallest absolute Gasteiger partial charge is 0.748 e. The Bertz CT molecular complexity index is 400. The zero-order valence-corrected chi connectivity index (χ0v) is 13.6. The Morgan fingerprint density at radius 1 is 0.783 bits per heavy atom. The first-order chi connectivity index (χ1) is 10.1. The molecule has 5 atom stereocenters. The second kappa shape index (κ2) is 12.4. The van der Waals surface area contributed by atoms with Gasteiger partial charge >= 0.3 is 18.9 Å². The normalized spacial score (nSPS) is 18.6. The predicted octanol–water partition coefficient (Wildman–Crippen LogP) is 0.146. The van der Waals surface area contributed by atoms with E-state index < -0.39 is 59.8 Å². The van der Waals surface area contributed by atoms with E-state index in [1.165, 1.54) is 0 Å². The van der Waals surface area contributed by atoms with Gasteiger partial charge in [0.15, 0.2) is 18.5 Å². The molecule has 0 saturated heterocycles. The average molecular weight is 364 g/mol. The molecule has 0 aliphatic heterocycles. The van der Waals surface area contributed by atoms with Gasteiger partial charge in [0.2, 0.25) is 0 Å². The summed E-state index contributed by atoms with van der Waals surface area (Å²) in [5.74, 6) is -1.85. The molecule has 0 heterocycles. The molecule has 5 unspecified atom stereocenters. The third-order valence-electron chi connectivity index (χ3n) is 3.03. The van der Waals surface area contributed by atoms with E-state index in [0.717, 1.165) is 0 Å². The summed E-state index contributed by atoms with van der Waals surface area (Å²) in [5, 5.41) is 0. The van der Waals surface area contributed by atoms with Gasteiger partial charge < -0.3 is 4.55 Å². The van der Waals surface area contributed by atoms with Crippen LogP contribution in [0.1, 0.15) is 32.1 Å². The van der Waals surface area contributed by atoms with Crippen molar-refractivity contribution in [2.75, 3.05) is 12.4 Å². The molecule has 0 amide bonds. The van der Waals surface area contributed by atoms with E-state index in [1.807, 2.05) is 0 Å². The van der Waals surface area contributed by atoms with Crippen molar-refractivity contribution >= 4 is 10.1 Å². The van der Waals surface area contributed by atoms with Crippen molar-refractivity contribution in [1.29, 1.82) is 0 Å². The maximum atomic E-state index is 13.4. The summed E-state index contributed by atoms with van der Waals surface area (Å²) in [6, 6.07) is 0. The fraction of sp³-hybridized carbons (Fsp3) is 1.00. The van der Waals surface area contributed by atoms with Gasteiger partial charge in [-0.3, -0.25) is 4.39 Å². The molecule has 0 aromatic rings. The zero-order valence-electron chi connectivity index (χ0n) is 12.7. The van der Waals surface area contributed by atoms with Crippen LogP contribution in [-0.4, -0.2) is 56.3 Å². The van der Waals surface area contributed by atoms with E-state index in [2.05, 4.69) is 0 Å². The van der Waals surface area contributed by atoms with Crippen LogP contribution in [-0.2, 0) is 10.1 Å². The zero-order chi connectivity index (χ0) is 17.3. The molecule has 0 aromatic carbocycles. The summed E-state index contributed by atoms with van der Waals surface area (Å²) in [4.78, 5) is 0. The molecule has 134 valence electrons. The van der Waals surface area contributed by atoms with Crippen LogP contribution in [0.2, 0.25) is 0 Å². The monoisotopic (exact) mass is 364 g/mol. The maximum absolute atomic E-state index is 13.4. The molecule has 0 bridgehead atoms. The van der Waals surface area contributed by atoms with Crippen LogP contribution in [0, 0.1) is 0 Å². The number of rotatable bonds is 12. The molecule has 0 spiro atoms. The maximum Gasteiger partial charge on any atom is 1.00 e. The van der Waals surface area contributed by atoms with Crippen molar-refractivity contribution in [2.24, 2.45) is 0 Å². The van der Waals surface area contributed by atoms with Gasteiger partial charge in [-0.25, -0.2) is 30.4 Å². The molecule has 0 saturated carbocycles. The molecule has 0 N–H and O–H groups in total. The summed E-state index contributed by atoms with van der Waals surface area (Å²) in [6.45, 7) is -0.540. The Balaban J connectivity index is 0. The largest absolute Gasteiger partial charge is 1.00 e. The van der Waals surface area contributed by atoms with E-state index >= 15 is 0 Å². The molecule has 3 nitrogen and oxygen atoms in total. The standard InChI is InChI=1S/C12H20F6O3S.Li/c13-6-4-2-1-3-5-8(14)10(16)12(18)11(17)9(15)7-22(19,20)21;/h8-12H,1-7H2,(H,19,20,21);/q;+1/p-1. The molecule has 11 heteroatoms. The van der Waals surface area contributed by atoms with E-state index in [4.69, 9.17) is 0 Å². The number of hydrogen-bond donors (Lipinski definition) is 0. The number of halogens is 6. The minimum atomic E-state index is -5.15. The molecule has 0 radical (unpaired) electrons. The molecular weight excluding hydrogens is 345 g/mol. The Morgan fingerprint density at radius 2 is 1.26 bits per heavy atom. The average Bonchev–Trinajstić information content (AvgIpc) is 2.42. The van der Waals surface area contributed by atoms with Gasteiger partial charge in [0, 0.05) is 0 Å². The third-order valence-corrected chi connectivity index (χ3v) is 3.75. The first-order valence-corrected chi connectivity index (χ1v) is 8.37. The van der Waals surface area contributed by atoms with Gasteiger partial charge in [-0.2, -0.15) is 0 Å². The third kappa shape index (κ3) is 11.3. The molecule has 23 heavy (non-hydrogen) atoms. The van der Waals surface area contributed by atoms with Gasteiger partial charge in [0.05, 0.1) is 22.5 Å². The van der Waals surface area contributed by atoms with Crippen molar-refractivity contribution in [1.82, 2.24) is 0 Å². The molecular formula is C12H19F6LiO3S. The van der Waals surface area contributed by atoms with E-state index in [0.29, 0.717) is 12.8 Å². The van der Waals surface area contributed by atoms with Crippen LogP contribution in [0.15, 0.2) is 0 Å². The first-order valence-electron chi connectivity index (χ1n) is 6.80. The Hall–Kier alpha value is 0.0874. The van der Waals surface area contributed by atoms with Crippen molar-refractivity contribution in [3.63, 3.8) is 0 Å². The summed E-state index contributed by atoms with van der Waals surface area (Å²) in [7, 11) is -5.15. The summed E-state index contributed by atoms with van der Waals surface area (Å²) < 4.78 is 109. The predicted molar refractivity (Wildman–Crippen MR) is 68.1 cm³/mol.